The first kappa shape index (κ1) is 10.7. The fraction of sp³-hybridized carbons (Fsp3) is 0.909. The maximum atomic E-state index is 10.6. The van der Waals surface area contributed by atoms with Crippen molar-refractivity contribution in [1.29, 1.82) is 0 Å². The third-order valence-electron chi connectivity index (χ3n) is 3.02. The van der Waals surface area contributed by atoms with Gasteiger partial charge in [-0.15, -0.1) is 0 Å². The normalized spacial score (nSPS) is 30.3. The second kappa shape index (κ2) is 5.38. The van der Waals surface area contributed by atoms with E-state index in [1.54, 1.807) is 0 Å². The minimum absolute atomic E-state index is 0.169. The van der Waals surface area contributed by atoms with Crippen LogP contribution >= 0.6 is 0 Å². The molecule has 0 bridgehead atoms. The van der Waals surface area contributed by atoms with Crippen molar-refractivity contribution in [2.75, 3.05) is 0 Å². The van der Waals surface area contributed by atoms with E-state index < -0.39 is 0 Å². The molecule has 0 spiro atoms. The van der Waals surface area contributed by atoms with Crippen LogP contribution in [-0.4, -0.2) is 18.5 Å². The number of ether oxygens (including phenoxy) is 1. The van der Waals surface area contributed by atoms with Gasteiger partial charge in [0.25, 0.3) is 0 Å². The van der Waals surface area contributed by atoms with E-state index in [4.69, 9.17) is 4.74 Å². The van der Waals surface area contributed by atoms with Crippen LogP contribution in [0.5, 0.6) is 0 Å². The molecule has 76 valence electrons. The Labute approximate surface area is 80.7 Å². The Hall–Kier alpha value is -0.370. The molecule has 1 aliphatic rings. The van der Waals surface area contributed by atoms with E-state index in [1.807, 2.05) is 6.92 Å². The third-order valence-corrected chi connectivity index (χ3v) is 3.02. The molecule has 3 atom stereocenters. The molecule has 0 heterocycles. The SMILES string of the molecule is CCC(C=O)OC1CCCC1CC. The average molecular weight is 184 g/mol. The van der Waals surface area contributed by atoms with Gasteiger partial charge in [-0.2, -0.15) is 0 Å². The molecule has 2 nitrogen and oxygen atoms in total. The summed E-state index contributed by atoms with van der Waals surface area (Å²) < 4.78 is 5.75. The zero-order valence-corrected chi connectivity index (χ0v) is 8.66. The van der Waals surface area contributed by atoms with Gasteiger partial charge in [-0.1, -0.05) is 26.7 Å². The maximum Gasteiger partial charge on any atom is 0.148 e. The summed E-state index contributed by atoms with van der Waals surface area (Å²) in [5.74, 6) is 0.689. The number of carbonyl (C=O) groups is 1. The van der Waals surface area contributed by atoms with E-state index in [0.29, 0.717) is 12.0 Å². The van der Waals surface area contributed by atoms with Gasteiger partial charge in [0, 0.05) is 0 Å². The van der Waals surface area contributed by atoms with Crippen molar-refractivity contribution in [3.63, 3.8) is 0 Å². The number of hydrogen-bond acceptors (Lipinski definition) is 2. The summed E-state index contributed by atoms with van der Waals surface area (Å²) in [6, 6.07) is 0. The fourth-order valence-corrected chi connectivity index (χ4v) is 2.10. The minimum atomic E-state index is -0.169. The molecule has 0 amide bonds. The molecule has 1 rings (SSSR count). The first-order valence-corrected chi connectivity index (χ1v) is 5.42. The Bertz CT molecular complexity index is 156. The highest BCUT2D eigenvalue weighted by atomic mass is 16.5. The maximum absolute atomic E-state index is 10.6. The Kier molecular flexibility index (Phi) is 4.43. The Morgan fingerprint density at radius 2 is 2.23 bits per heavy atom. The van der Waals surface area contributed by atoms with Crippen LogP contribution in [0.4, 0.5) is 0 Å². The molecule has 0 aromatic carbocycles. The van der Waals surface area contributed by atoms with Crippen LogP contribution in [0.1, 0.15) is 46.0 Å². The number of rotatable bonds is 5. The molecule has 2 heteroatoms. The van der Waals surface area contributed by atoms with Crippen molar-refractivity contribution in [2.45, 2.75) is 58.2 Å². The first-order valence-electron chi connectivity index (χ1n) is 5.42. The summed E-state index contributed by atoms with van der Waals surface area (Å²) in [6.45, 7) is 4.20. The average Bonchev–Trinajstić information content (AvgIpc) is 2.61. The van der Waals surface area contributed by atoms with Crippen LogP contribution in [0.3, 0.4) is 0 Å². The predicted octanol–water partition coefficient (Wildman–Crippen LogP) is 2.56. The zero-order chi connectivity index (χ0) is 9.68. The molecule has 1 saturated carbocycles. The van der Waals surface area contributed by atoms with Gasteiger partial charge in [-0.3, -0.25) is 0 Å². The molecular weight excluding hydrogens is 164 g/mol. The van der Waals surface area contributed by atoms with Gasteiger partial charge in [0.15, 0.2) is 0 Å². The van der Waals surface area contributed by atoms with Gasteiger partial charge in [-0.05, 0) is 25.2 Å². The van der Waals surface area contributed by atoms with E-state index in [9.17, 15) is 4.79 Å². The van der Waals surface area contributed by atoms with Gasteiger partial charge < -0.3 is 9.53 Å². The Morgan fingerprint density at radius 1 is 1.46 bits per heavy atom. The molecule has 0 N–H and O–H groups in total. The number of aldehydes is 1. The van der Waals surface area contributed by atoms with Crippen molar-refractivity contribution < 1.29 is 9.53 Å². The van der Waals surface area contributed by atoms with E-state index >= 15 is 0 Å². The van der Waals surface area contributed by atoms with E-state index in [-0.39, 0.29) is 6.10 Å². The van der Waals surface area contributed by atoms with Gasteiger partial charge >= 0.3 is 0 Å². The lowest BCUT2D eigenvalue weighted by Gasteiger charge is -2.21. The zero-order valence-electron chi connectivity index (χ0n) is 8.66. The van der Waals surface area contributed by atoms with Crippen molar-refractivity contribution in [1.82, 2.24) is 0 Å². The summed E-state index contributed by atoms with van der Waals surface area (Å²) in [5.41, 5.74) is 0. The van der Waals surface area contributed by atoms with E-state index in [0.717, 1.165) is 19.1 Å². The molecule has 13 heavy (non-hydrogen) atoms. The molecule has 1 aliphatic carbocycles. The third kappa shape index (κ3) is 2.80. The van der Waals surface area contributed by atoms with Crippen molar-refractivity contribution in [3.05, 3.63) is 0 Å². The smallest absolute Gasteiger partial charge is 0.148 e. The molecule has 0 aliphatic heterocycles. The lowest BCUT2D eigenvalue weighted by Crippen LogP contribution is -2.25. The van der Waals surface area contributed by atoms with Crippen LogP contribution in [0.15, 0.2) is 0 Å². The van der Waals surface area contributed by atoms with Crippen molar-refractivity contribution in [3.8, 4) is 0 Å². The number of carbonyl (C=O) groups excluding carboxylic acids is 1. The summed E-state index contributed by atoms with van der Waals surface area (Å²) >= 11 is 0. The van der Waals surface area contributed by atoms with E-state index in [1.165, 1.54) is 19.3 Å². The van der Waals surface area contributed by atoms with Crippen LogP contribution in [0, 0.1) is 5.92 Å². The van der Waals surface area contributed by atoms with E-state index in [2.05, 4.69) is 6.92 Å². The standard InChI is InChI=1S/C11H20O2/c1-3-9-6-5-7-11(9)13-10(4-2)8-12/h8-11H,3-7H2,1-2H3. The van der Waals surface area contributed by atoms with Crippen LogP contribution in [0.2, 0.25) is 0 Å². The highest BCUT2D eigenvalue weighted by molar-refractivity contribution is 5.55. The highest BCUT2D eigenvalue weighted by Crippen LogP contribution is 2.31. The summed E-state index contributed by atoms with van der Waals surface area (Å²) in [7, 11) is 0. The second-order valence-electron chi connectivity index (χ2n) is 3.86. The topological polar surface area (TPSA) is 26.3 Å². The quantitative estimate of drug-likeness (QED) is 0.614. The Morgan fingerprint density at radius 3 is 2.77 bits per heavy atom. The monoisotopic (exact) mass is 184 g/mol. The van der Waals surface area contributed by atoms with Gasteiger partial charge in [0.1, 0.15) is 12.4 Å². The predicted molar refractivity (Wildman–Crippen MR) is 52.6 cm³/mol. The van der Waals surface area contributed by atoms with Gasteiger partial charge in [0.05, 0.1) is 6.10 Å². The Balaban J connectivity index is 2.37. The lowest BCUT2D eigenvalue weighted by atomic mass is 10.0. The molecular formula is C11H20O2. The lowest BCUT2D eigenvalue weighted by molar-refractivity contribution is -0.123. The van der Waals surface area contributed by atoms with Crippen molar-refractivity contribution >= 4 is 6.29 Å². The van der Waals surface area contributed by atoms with Crippen molar-refractivity contribution in [2.24, 2.45) is 5.92 Å². The fourth-order valence-electron chi connectivity index (χ4n) is 2.10. The first-order chi connectivity index (χ1) is 6.31. The van der Waals surface area contributed by atoms with Gasteiger partial charge in [0.2, 0.25) is 0 Å². The molecule has 1 fully saturated rings. The largest absolute Gasteiger partial charge is 0.367 e. The molecule has 0 aromatic rings. The highest BCUT2D eigenvalue weighted by Gasteiger charge is 2.28. The van der Waals surface area contributed by atoms with Crippen LogP contribution < -0.4 is 0 Å². The molecule has 3 unspecified atom stereocenters. The molecule has 0 aromatic heterocycles. The van der Waals surface area contributed by atoms with Crippen LogP contribution in [-0.2, 0) is 9.53 Å². The summed E-state index contributed by atoms with van der Waals surface area (Å²) in [6.07, 6.45) is 6.77. The minimum Gasteiger partial charge on any atom is -0.367 e. The van der Waals surface area contributed by atoms with Crippen LogP contribution in [0.25, 0.3) is 0 Å². The van der Waals surface area contributed by atoms with Gasteiger partial charge in [-0.25, -0.2) is 0 Å². The number of hydrogen-bond donors (Lipinski definition) is 0. The molecule has 0 radical (unpaired) electrons. The summed E-state index contributed by atoms with van der Waals surface area (Å²) in [5, 5.41) is 0. The second-order valence-corrected chi connectivity index (χ2v) is 3.86. The summed E-state index contributed by atoms with van der Waals surface area (Å²) in [4.78, 5) is 10.6. The molecule has 0 saturated heterocycles.